The quantitative estimate of drug-likeness (QED) is 0.334. The number of amides is 3. The van der Waals surface area contributed by atoms with Gasteiger partial charge in [0.25, 0.3) is 11.8 Å². The number of anilines is 2. The summed E-state index contributed by atoms with van der Waals surface area (Å²) in [6.07, 6.45) is 0.658. The van der Waals surface area contributed by atoms with Crippen molar-refractivity contribution in [3.05, 3.63) is 64.7 Å². The van der Waals surface area contributed by atoms with Crippen molar-refractivity contribution in [1.29, 1.82) is 0 Å². The zero-order valence-electron chi connectivity index (χ0n) is 22.1. The Bertz CT molecular complexity index is 1310. The van der Waals surface area contributed by atoms with Crippen molar-refractivity contribution in [2.24, 2.45) is 5.73 Å². The van der Waals surface area contributed by atoms with Gasteiger partial charge in [-0.05, 0) is 68.6 Å². The first-order chi connectivity index (χ1) is 18.0. The van der Waals surface area contributed by atoms with E-state index in [-0.39, 0.29) is 16.3 Å². The van der Waals surface area contributed by atoms with Crippen molar-refractivity contribution >= 4 is 40.6 Å². The number of nitrogens with one attached hydrogen (secondary N) is 1. The van der Waals surface area contributed by atoms with E-state index < -0.39 is 29.3 Å². The smallest absolute Gasteiger partial charge is 0.273 e. The van der Waals surface area contributed by atoms with Crippen molar-refractivity contribution in [3.8, 4) is 11.5 Å². The SMILES string of the molecule is CCOc1ccc([C@@H](C(=O)NC(C)(C)CC)N(C(=O)c2snc(C(N)=O)c2N)c2cccc(OC)c2)cc1. The molecule has 1 atom stereocenters. The third-order valence-corrected chi connectivity index (χ3v) is 6.92. The summed E-state index contributed by atoms with van der Waals surface area (Å²) in [7, 11) is 1.51. The molecule has 202 valence electrons. The lowest BCUT2D eigenvalue weighted by molar-refractivity contribution is -0.124. The standard InChI is InChI=1S/C27H33N5O5S/c1-6-27(3,4)30-25(34)22(16-11-13-18(14-12-16)37-7-2)32(17-9-8-10-19(15-17)36-5)26(35)23-20(28)21(24(29)33)31-38-23/h8-15,22H,6-7,28H2,1-5H3,(H2,29,33)(H,30,34)/t22-/m0/s1. The van der Waals surface area contributed by atoms with Gasteiger partial charge >= 0.3 is 0 Å². The van der Waals surface area contributed by atoms with Gasteiger partial charge in [0.15, 0.2) is 5.69 Å². The number of benzene rings is 2. The molecular weight excluding hydrogens is 506 g/mol. The fourth-order valence-electron chi connectivity index (χ4n) is 3.70. The van der Waals surface area contributed by atoms with Crippen LogP contribution in [0.4, 0.5) is 11.4 Å². The summed E-state index contributed by atoms with van der Waals surface area (Å²) >= 11 is 0.747. The molecule has 0 unspecified atom stereocenters. The molecule has 0 saturated heterocycles. The Balaban J connectivity index is 2.24. The topological polar surface area (TPSA) is 150 Å². The molecule has 2 aromatic carbocycles. The molecule has 0 aliphatic carbocycles. The summed E-state index contributed by atoms with van der Waals surface area (Å²) in [5, 5.41) is 3.05. The monoisotopic (exact) mass is 539 g/mol. The lowest BCUT2D eigenvalue weighted by Crippen LogP contribution is -2.50. The Hall–Kier alpha value is -4.12. The van der Waals surface area contributed by atoms with E-state index in [9.17, 15) is 14.4 Å². The van der Waals surface area contributed by atoms with Crippen LogP contribution >= 0.6 is 11.5 Å². The summed E-state index contributed by atoms with van der Waals surface area (Å²) in [5.74, 6) is -0.771. The predicted molar refractivity (Wildman–Crippen MR) is 148 cm³/mol. The maximum atomic E-state index is 14.1. The van der Waals surface area contributed by atoms with Crippen molar-refractivity contribution in [3.63, 3.8) is 0 Å². The summed E-state index contributed by atoms with van der Waals surface area (Å²) in [6.45, 7) is 8.12. The number of nitrogens with two attached hydrogens (primary N) is 2. The Kier molecular flexibility index (Phi) is 8.95. The number of ether oxygens (including phenoxy) is 2. The first kappa shape index (κ1) is 28.5. The van der Waals surface area contributed by atoms with Crippen molar-refractivity contribution in [2.45, 2.75) is 45.7 Å². The van der Waals surface area contributed by atoms with Gasteiger partial charge in [-0.25, -0.2) is 0 Å². The van der Waals surface area contributed by atoms with Crippen LogP contribution in [0.1, 0.15) is 65.9 Å². The highest BCUT2D eigenvalue weighted by atomic mass is 32.1. The summed E-state index contributed by atoms with van der Waals surface area (Å²) in [5.41, 5.74) is 11.5. The third-order valence-electron chi connectivity index (χ3n) is 6.06. The molecule has 3 aromatic rings. The molecule has 0 saturated carbocycles. The van der Waals surface area contributed by atoms with Crippen LogP contribution in [0.2, 0.25) is 0 Å². The number of primary amides is 1. The van der Waals surface area contributed by atoms with Gasteiger partial charge in [0.2, 0.25) is 5.91 Å². The number of hydrogen-bond acceptors (Lipinski definition) is 8. The van der Waals surface area contributed by atoms with Gasteiger partial charge in [-0.1, -0.05) is 25.1 Å². The minimum atomic E-state index is -1.12. The number of aromatic nitrogens is 1. The largest absolute Gasteiger partial charge is 0.497 e. The highest BCUT2D eigenvalue weighted by Crippen LogP contribution is 2.35. The highest BCUT2D eigenvalue weighted by Gasteiger charge is 2.37. The maximum absolute atomic E-state index is 14.1. The summed E-state index contributed by atoms with van der Waals surface area (Å²) < 4.78 is 14.9. The molecule has 0 spiro atoms. The number of methoxy groups -OCH3 is 1. The first-order valence-electron chi connectivity index (χ1n) is 12.1. The molecule has 0 aliphatic heterocycles. The van der Waals surface area contributed by atoms with Gasteiger partial charge < -0.3 is 26.3 Å². The Morgan fingerprint density at radius 2 is 1.79 bits per heavy atom. The molecule has 3 amide bonds. The van der Waals surface area contributed by atoms with E-state index in [1.807, 2.05) is 27.7 Å². The van der Waals surface area contributed by atoms with E-state index in [0.29, 0.717) is 35.8 Å². The molecule has 0 bridgehead atoms. The highest BCUT2D eigenvalue weighted by molar-refractivity contribution is 7.09. The van der Waals surface area contributed by atoms with Crippen LogP contribution in [-0.2, 0) is 4.79 Å². The second-order valence-electron chi connectivity index (χ2n) is 9.15. The number of nitrogen functional groups attached to an aromatic ring is 1. The van der Waals surface area contributed by atoms with Gasteiger partial charge in [0.1, 0.15) is 22.4 Å². The number of carbonyl (C=O) groups excluding carboxylic acids is 3. The second-order valence-corrected chi connectivity index (χ2v) is 9.92. The van der Waals surface area contributed by atoms with Crippen LogP contribution < -0.4 is 31.2 Å². The minimum absolute atomic E-state index is 0.0138. The van der Waals surface area contributed by atoms with Crippen LogP contribution in [0.5, 0.6) is 11.5 Å². The molecule has 10 nitrogen and oxygen atoms in total. The van der Waals surface area contributed by atoms with Crippen LogP contribution in [0, 0.1) is 0 Å². The summed E-state index contributed by atoms with van der Waals surface area (Å²) in [4.78, 5) is 41.2. The zero-order chi connectivity index (χ0) is 28.0. The number of carbonyl (C=O) groups is 3. The molecule has 3 rings (SSSR count). The second kappa shape index (κ2) is 12.0. The fraction of sp³-hybridized carbons (Fsp3) is 0.333. The average Bonchev–Trinajstić information content (AvgIpc) is 3.29. The predicted octanol–water partition coefficient (Wildman–Crippen LogP) is 3.92. The van der Waals surface area contributed by atoms with Gasteiger partial charge in [0.05, 0.1) is 19.4 Å². The Labute approximate surface area is 226 Å². The Morgan fingerprint density at radius 1 is 1.11 bits per heavy atom. The van der Waals surface area contributed by atoms with Crippen molar-refractivity contribution in [2.75, 3.05) is 24.4 Å². The number of hydrogen-bond donors (Lipinski definition) is 3. The van der Waals surface area contributed by atoms with Crippen LogP contribution in [-0.4, -0.2) is 41.4 Å². The van der Waals surface area contributed by atoms with Crippen LogP contribution in [0.15, 0.2) is 48.5 Å². The fourth-order valence-corrected chi connectivity index (χ4v) is 4.45. The van der Waals surface area contributed by atoms with Crippen molar-refractivity contribution < 1.29 is 23.9 Å². The van der Waals surface area contributed by atoms with Gasteiger partial charge in [0, 0.05) is 17.3 Å². The molecule has 0 fully saturated rings. The van der Waals surface area contributed by atoms with E-state index in [4.69, 9.17) is 20.9 Å². The first-order valence-corrected chi connectivity index (χ1v) is 12.9. The minimum Gasteiger partial charge on any atom is -0.497 e. The van der Waals surface area contributed by atoms with Crippen molar-refractivity contribution in [1.82, 2.24) is 9.69 Å². The molecule has 38 heavy (non-hydrogen) atoms. The lowest BCUT2D eigenvalue weighted by atomic mass is 9.98. The van der Waals surface area contributed by atoms with Crippen LogP contribution in [0.3, 0.4) is 0 Å². The average molecular weight is 540 g/mol. The molecule has 1 heterocycles. The molecule has 0 radical (unpaired) electrons. The van der Waals surface area contributed by atoms with Gasteiger partial charge in [-0.15, -0.1) is 0 Å². The molecule has 0 aliphatic rings. The van der Waals surface area contributed by atoms with E-state index in [0.717, 1.165) is 11.5 Å². The molecule has 5 N–H and O–H groups in total. The van der Waals surface area contributed by atoms with E-state index in [1.165, 1.54) is 12.0 Å². The molecule has 1 aromatic heterocycles. The van der Waals surface area contributed by atoms with E-state index in [1.54, 1.807) is 48.5 Å². The number of nitrogens with zero attached hydrogens (tertiary/aromatic N) is 2. The lowest BCUT2D eigenvalue weighted by Gasteiger charge is -2.34. The summed E-state index contributed by atoms with van der Waals surface area (Å²) in [6, 6.07) is 12.6. The third kappa shape index (κ3) is 6.23. The maximum Gasteiger partial charge on any atom is 0.273 e. The molecule has 11 heteroatoms. The Morgan fingerprint density at radius 3 is 2.34 bits per heavy atom. The zero-order valence-corrected chi connectivity index (χ0v) is 22.9. The van der Waals surface area contributed by atoms with Crippen LogP contribution in [0.25, 0.3) is 0 Å². The number of rotatable bonds is 11. The van der Waals surface area contributed by atoms with E-state index in [2.05, 4.69) is 9.69 Å². The van der Waals surface area contributed by atoms with Gasteiger partial charge in [-0.3, -0.25) is 19.3 Å². The normalized spacial score (nSPS) is 11.9. The molecular formula is C27H33N5O5S. The van der Waals surface area contributed by atoms with E-state index >= 15 is 0 Å². The van der Waals surface area contributed by atoms with Gasteiger partial charge in [-0.2, -0.15) is 4.37 Å².